The van der Waals surface area contributed by atoms with Crippen LogP contribution in [0.3, 0.4) is 0 Å². The molecule has 1 aliphatic heterocycles. The van der Waals surface area contributed by atoms with Gasteiger partial charge in [0.2, 0.25) is 5.91 Å². The standard InChI is InChI=1S/C18H27N3O3/c1-13-6-8-15(9-7-13)11-19-18(24)20-12-17(23)21-10-4-3-5-16(21)14(2)22/h6-9,14,16,22H,3-5,10-12H2,1-2H3,(H2,19,20,24)/t14-,16+/m0/s1. The van der Waals surface area contributed by atoms with Crippen LogP contribution in [-0.2, 0) is 11.3 Å². The van der Waals surface area contributed by atoms with E-state index in [1.807, 2.05) is 31.2 Å². The second-order valence-electron chi connectivity index (χ2n) is 6.41. The molecule has 24 heavy (non-hydrogen) atoms. The van der Waals surface area contributed by atoms with Crippen molar-refractivity contribution in [3.63, 3.8) is 0 Å². The van der Waals surface area contributed by atoms with E-state index in [-0.39, 0.29) is 24.5 Å². The molecule has 1 aromatic rings. The second-order valence-corrected chi connectivity index (χ2v) is 6.41. The minimum Gasteiger partial charge on any atom is -0.391 e. The summed E-state index contributed by atoms with van der Waals surface area (Å²) in [6, 6.07) is 7.39. The Morgan fingerprint density at radius 1 is 1.25 bits per heavy atom. The first kappa shape index (κ1) is 18.3. The summed E-state index contributed by atoms with van der Waals surface area (Å²) in [5.74, 6) is -0.147. The van der Waals surface area contributed by atoms with Crippen LogP contribution in [-0.4, -0.2) is 47.2 Å². The van der Waals surface area contributed by atoms with Crippen molar-refractivity contribution in [2.45, 2.75) is 51.8 Å². The summed E-state index contributed by atoms with van der Waals surface area (Å²) in [5, 5.41) is 15.1. The zero-order valence-corrected chi connectivity index (χ0v) is 14.4. The second kappa shape index (κ2) is 8.68. The molecule has 2 rings (SSSR count). The number of amides is 3. The van der Waals surface area contributed by atoms with Gasteiger partial charge in [-0.3, -0.25) is 4.79 Å². The first-order chi connectivity index (χ1) is 11.5. The van der Waals surface area contributed by atoms with Crippen molar-refractivity contribution in [2.24, 2.45) is 0 Å². The summed E-state index contributed by atoms with van der Waals surface area (Å²) >= 11 is 0. The van der Waals surface area contributed by atoms with Gasteiger partial charge in [-0.2, -0.15) is 0 Å². The fourth-order valence-electron chi connectivity index (χ4n) is 2.98. The van der Waals surface area contributed by atoms with Gasteiger partial charge in [0.1, 0.15) is 0 Å². The summed E-state index contributed by atoms with van der Waals surface area (Å²) in [6.07, 6.45) is 2.21. The molecule has 0 unspecified atom stereocenters. The third kappa shape index (κ3) is 5.23. The number of carbonyl (C=O) groups is 2. The van der Waals surface area contributed by atoms with Crippen LogP contribution in [0.1, 0.15) is 37.3 Å². The topological polar surface area (TPSA) is 81.7 Å². The van der Waals surface area contributed by atoms with E-state index < -0.39 is 6.10 Å². The van der Waals surface area contributed by atoms with E-state index in [2.05, 4.69) is 10.6 Å². The van der Waals surface area contributed by atoms with E-state index in [0.29, 0.717) is 13.1 Å². The molecule has 1 aromatic carbocycles. The van der Waals surface area contributed by atoms with Crippen LogP contribution in [0.4, 0.5) is 4.79 Å². The van der Waals surface area contributed by atoms with Gasteiger partial charge in [-0.25, -0.2) is 4.79 Å². The molecule has 6 heteroatoms. The van der Waals surface area contributed by atoms with Crippen molar-refractivity contribution in [3.05, 3.63) is 35.4 Å². The Morgan fingerprint density at radius 3 is 2.62 bits per heavy atom. The molecule has 132 valence electrons. The van der Waals surface area contributed by atoms with E-state index in [4.69, 9.17) is 0 Å². The minimum atomic E-state index is -0.551. The molecule has 1 aliphatic rings. The normalized spacial score (nSPS) is 18.8. The van der Waals surface area contributed by atoms with Gasteiger partial charge in [-0.1, -0.05) is 29.8 Å². The van der Waals surface area contributed by atoms with Crippen LogP contribution in [0.5, 0.6) is 0 Å². The lowest BCUT2D eigenvalue weighted by Gasteiger charge is -2.37. The van der Waals surface area contributed by atoms with Gasteiger partial charge in [0.15, 0.2) is 0 Å². The number of rotatable bonds is 5. The van der Waals surface area contributed by atoms with Gasteiger partial charge < -0.3 is 20.6 Å². The molecule has 0 bridgehead atoms. The fourth-order valence-corrected chi connectivity index (χ4v) is 2.98. The fraction of sp³-hybridized carbons (Fsp3) is 0.556. The van der Waals surface area contributed by atoms with Gasteiger partial charge in [0, 0.05) is 13.1 Å². The molecule has 3 N–H and O–H groups in total. The number of hydrogen-bond acceptors (Lipinski definition) is 3. The van der Waals surface area contributed by atoms with Crippen molar-refractivity contribution in [2.75, 3.05) is 13.1 Å². The van der Waals surface area contributed by atoms with Gasteiger partial charge in [0.05, 0.1) is 18.7 Å². The number of urea groups is 1. The smallest absolute Gasteiger partial charge is 0.315 e. The highest BCUT2D eigenvalue weighted by Crippen LogP contribution is 2.19. The monoisotopic (exact) mass is 333 g/mol. The Kier molecular flexibility index (Phi) is 6.61. The molecule has 3 amide bonds. The predicted molar refractivity (Wildman–Crippen MR) is 92.5 cm³/mol. The Bertz CT molecular complexity index is 557. The van der Waals surface area contributed by atoms with E-state index in [1.165, 1.54) is 5.56 Å². The molecular formula is C18H27N3O3. The number of carbonyl (C=O) groups excluding carboxylic acids is 2. The van der Waals surface area contributed by atoms with Crippen molar-refractivity contribution in [1.29, 1.82) is 0 Å². The molecule has 0 radical (unpaired) electrons. The molecule has 0 saturated carbocycles. The van der Waals surface area contributed by atoms with Crippen LogP contribution >= 0.6 is 0 Å². The zero-order chi connectivity index (χ0) is 17.5. The lowest BCUT2D eigenvalue weighted by Crippen LogP contribution is -2.52. The van der Waals surface area contributed by atoms with Crippen LogP contribution < -0.4 is 10.6 Å². The number of aliphatic hydroxyl groups is 1. The maximum atomic E-state index is 12.3. The molecule has 6 nitrogen and oxygen atoms in total. The average molecular weight is 333 g/mol. The van der Waals surface area contributed by atoms with E-state index >= 15 is 0 Å². The Morgan fingerprint density at radius 2 is 1.96 bits per heavy atom. The molecule has 1 heterocycles. The Balaban J connectivity index is 1.76. The zero-order valence-electron chi connectivity index (χ0n) is 14.4. The number of benzene rings is 1. The SMILES string of the molecule is Cc1ccc(CNC(=O)NCC(=O)N2CCCC[C@@H]2[C@H](C)O)cc1. The third-order valence-electron chi connectivity index (χ3n) is 4.40. The van der Waals surface area contributed by atoms with Gasteiger partial charge in [0.25, 0.3) is 0 Å². The summed E-state index contributed by atoms with van der Waals surface area (Å²) < 4.78 is 0. The molecule has 0 aliphatic carbocycles. The highest BCUT2D eigenvalue weighted by molar-refractivity contribution is 5.84. The maximum absolute atomic E-state index is 12.3. The summed E-state index contributed by atoms with van der Waals surface area (Å²) in [4.78, 5) is 25.8. The molecule has 0 spiro atoms. The average Bonchev–Trinajstić information content (AvgIpc) is 2.59. The van der Waals surface area contributed by atoms with E-state index in [9.17, 15) is 14.7 Å². The number of nitrogens with zero attached hydrogens (tertiary/aromatic N) is 1. The highest BCUT2D eigenvalue weighted by Gasteiger charge is 2.29. The van der Waals surface area contributed by atoms with Crippen LogP contribution in [0.15, 0.2) is 24.3 Å². The number of hydrogen-bond donors (Lipinski definition) is 3. The van der Waals surface area contributed by atoms with Crippen molar-refractivity contribution in [3.8, 4) is 0 Å². The first-order valence-electron chi connectivity index (χ1n) is 8.52. The number of aryl methyl sites for hydroxylation is 1. The lowest BCUT2D eigenvalue weighted by molar-refractivity contribution is -0.136. The molecule has 1 fully saturated rings. The van der Waals surface area contributed by atoms with Crippen LogP contribution in [0, 0.1) is 6.92 Å². The largest absolute Gasteiger partial charge is 0.391 e. The van der Waals surface area contributed by atoms with Gasteiger partial charge >= 0.3 is 6.03 Å². The Hall–Kier alpha value is -2.08. The molecule has 0 aromatic heterocycles. The first-order valence-corrected chi connectivity index (χ1v) is 8.52. The van der Waals surface area contributed by atoms with Crippen molar-refractivity contribution < 1.29 is 14.7 Å². The number of nitrogens with one attached hydrogen (secondary N) is 2. The predicted octanol–water partition coefficient (Wildman–Crippen LogP) is 1.56. The van der Waals surface area contributed by atoms with Gasteiger partial charge in [-0.05, 0) is 38.7 Å². The lowest BCUT2D eigenvalue weighted by atomic mass is 9.98. The molecular weight excluding hydrogens is 306 g/mol. The van der Waals surface area contributed by atoms with E-state index in [0.717, 1.165) is 24.8 Å². The summed E-state index contributed by atoms with van der Waals surface area (Å²) in [7, 11) is 0. The van der Waals surface area contributed by atoms with Crippen LogP contribution in [0.2, 0.25) is 0 Å². The molecule has 2 atom stereocenters. The van der Waals surface area contributed by atoms with E-state index in [1.54, 1.807) is 11.8 Å². The van der Waals surface area contributed by atoms with Gasteiger partial charge in [-0.15, -0.1) is 0 Å². The summed E-state index contributed by atoms with van der Waals surface area (Å²) in [5.41, 5.74) is 2.18. The maximum Gasteiger partial charge on any atom is 0.315 e. The summed E-state index contributed by atoms with van der Waals surface area (Å²) in [6.45, 7) is 4.72. The number of aliphatic hydroxyl groups excluding tert-OH is 1. The Labute approximate surface area is 143 Å². The number of likely N-dealkylation sites (tertiary alicyclic amines) is 1. The van der Waals surface area contributed by atoms with Crippen LogP contribution in [0.25, 0.3) is 0 Å². The highest BCUT2D eigenvalue weighted by atomic mass is 16.3. The molecule has 1 saturated heterocycles. The van der Waals surface area contributed by atoms with Crippen molar-refractivity contribution in [1.82, 2.24) is 15.5 Å². The third-order valence-corrected chi connectivity index (χ3v) is 4.40. The van der Waals surface area contributed by atoms with Crippen molar-refractivity contribution >= 4 is 11.9 Å². The minimum absolute atomic E-state index is 0.0526. The number of piperidine rings is 1. The quantitative estimate of drug-likeness (QED) is 0.765.